The van der Waals surface area contributed by atoms with E-state index in [1.54, 1.807) is 6.92 Å². The van der Waals surface area contributed by atoms with Crippen LogP contribution < -0.4 is 5.32 Å². The molecule has 1 N–H and O–H groups in total. The fraction of sp³-hybridized carbons (Fsp3) is 0.789. The molecule has 0 radical (unpaired) electrons. The Morgan fingerprint density at radius 1 is 1.10 bits per heavy atom. The van der Waals surface area contributed by atoms with Crippen LogP contribution >= 0.6 is 0 Å². The van der Waals surface area contributed by atoms with Crippen LogP contribution in [0.1, 0.15) is 25.0 Å². The molecule has 1 amide bonds. The largest absolute Gasteiger partial charge is 0.379 e. The predicted molar refractivity (Wildman–Crippen MR) is 111 cm³/mol. The predicted octanol–water partition coefficient (Wildman–Crippen LogP) is -0.544. The second-order valence-electron chi connectivity index (χ2n) is 7.59. The van der Waals surface area contributed by atoms with Crippen molar-refractivity contribution in [2.45, 2.75) is 26.8 Å². The number of rotatable bonds is 6. The van der Waals surface area contributed by atoms with Gasteiger partial charge >= 0.3 is 0 Å². The lowest BCUT2D eigenvalue weighted by atomic mass is 10.3. The van der Waals surface area contributed by atoms with E-state index in [2.05, 4.69) is 25.3 Å². The van der Waals surface area contributed by atoms with Gasteiger partial charge in [0, 0.05) is 59.8 Å². The van der Waals surface area contributed by atoms with Crippen LogP contribution in [0.5, 0.6) is 0 Å². The lowest BCUT2D eigenvalue weighted by Gasteiger charge is -2.36. The van der Waals surface area contributed by atoms with Crippen LogP contribution in [-0.4, -0.2) is 107 Å². The standard InChI is InChI=1S/C19H34N8O2/c1-16-22-23-18(24(16)3)15-21-19(27-9-7-26(8-10-27)17(2)28)20-5-4-6-25-11-13-29-14-12-25/h4-15H2,1-3H3,(H,20,21). The maximum absolute atomic E-state index is 11.6. The van der Waals surface area contributed by atoms with E-state index in [-0.39, 0.29) is 5.91 Å². The Hall–Kier alpha value is -2.20. The third-order valence-corrected chi connectivity index (χ3v) is 5.62. The van der Waals surface area contributed by atoms with E-state index in [0.29, 0.717) is 6.54 Å². The molecular weight excluding hydrogens is 372 g/mol. The Morgan fingerprint density at radius 3 is 2.41 bits per heavy atom. The van der Waals surface area contributed by atoms with Crippen molar-refractivity contribution in [3.63, 3.8) is 0 Å². The molecule has 2 saturated heterocycles. The van der Waals surface area contributed by atoms with Crippen molar-refractivity contribution in [3.8, 4) is 0 Å². The molecule has 1 aromatic heterocycles. The molecule has 1 aromatic rings. The Bertz CT molecular complexity index is 690. The van der Waals surface area contributed by atoms with Gasteiger partial charge in [0.2, 0.25) is 5.91 Å². The van der Waals surface area contributed by atoms with Crippen molar-refractivity contribution in [3.05, 3.63) is 11.6 Å². The number of piperazine rings is 1. The lowest BCUT2D eigenvalue weighted by Crippen LogP contribution is -2.53. The van der Waals surface area contributed by atoms with Crippen molar-refractivity contribution in [1.82, 2.24) is 34.8 Å². The van der Waals surface area contributed by atoms with Gasteiger partial charge in [-0.05, 0) is 19.9 Å². The van der Waals surface area contributed by atoms with E-state index >= 15 is 0 Å². The van der Waals surface area contributed by atoms with Gasteiger partial charge in [-0.2, -0.15) is 0 Å². The third kappa shape index (κ3) is 6.14. The molecule has 0 aliphatic carbocycles. The number of hydrogen-bond donors (Lipinski definition) is 1. The summed E-state index contributed by atoms with van der Waals surface area (Å²) in [7, 11) is 1.96. The SMILES string of the molecule is CC(=O)N1CCN(C(=NCc2nnc(C)n2C)NCCCN2CCOCC2)CC1. The molecule has 2 aliphatic rings. The fourth-order valence-corrected chi connectivity index (χ4v) is 3.56. The first kappa shape index (κ1) is 21.5. The van der Waals surface area contributed by atoms with Crippen LogP contribution in [0.15, 0.2) is 4.99 Å². The average molecular weight is 407 g/mol. The van der Waals surface area contributed by atoms with Gasteiger partial charge in [0.05, 0.1) is 13.2 Å². The number of amides is 1. The van der Waals surface area contributed by atoms with Crippen LogP contribution in [0.4, 0.5) is 0 Å². The lowest BCUT2D eigenvalue weighted by molar-refractivity contribution is -0.130. The number of hydrogen-bond acceptors (Lipinski definition) is 6. The molecule has 0 spiro atoms. The van der Waals surface area contributed by atoms with Crippen molar-refractivity contribution < 1.29 is 9.53 Å². The fourth-order valence-electron chi connectivity index (χ4n) is 3.56. The van der Waals surface area contributed by atoms with E-state index in [4.69, 9.17) is 9.73 Å². The number of nitrogens with zero attached hydrogens (tertiary/aromatic N) is 7. The average Bonchev–Trinajstić information content (AvgIpc) is 3.06. The van der Waals surface area contributed by atoms with Crippen LogP contribution in [0.25, 0.3) is 0 Å². The molecule has 0 atom stereocenters. The van der Waals surface area contributed by atoms with Crippen molar-refractivity contribution >= 4 is 11.9 Å². The van der Waals surface area contributed by atoms with Gasteiger partial charge in [-0.1, -0.05) is 0 Å². The molecule has 3 rings (SSSR count). The van der Waals surface area contributed by atoms with Crippen molar-refractivity contribution in [2.75, 3.05) is 65.6 Å². The van der Waals surface area contributed by atoms with Gasteiger partial charge in [0.15, 0.2) is 11.8 Å². The Kier molecular flexibility index (Phi) is 7.82. The maximum Gasteiger partial charge on any atom is 0.219 e. The molecule has 0 aromatic carbocycles. The van der Waals surface area contributed by atoms with Gasteiger partial charge in [-0.15, -0.1) is 10.2 Å². The number of guanidine groups is 1. The second kappa shape index (κ2) is 10.5. The quantitative estimate of drug-likeness (QED) is 0.385. The number of ether oxygens (including phenoxy) is 1. The van der Waals surface area contributed by atoms with E-state index < -0.39 is 0 Å². The number of aliphatic imine (C=N–C) groups is 1. The molecule has 0 unspecified atom stereocenters. The van der Waals surface area contributed by atoms with Gasteiger partial charge in [-0.3, -0.25) is 9.69 Å². The molecule has 0 saturated carbocycles. The maximum atomic E-state index is 11.6. The molecule has 10 nitrogen and oxygen atoms in total. The molecule has 2 fully saturated rings. The summed E-state index contributed by atoms with van der Waals surface area (Å²) >= 11 is 0. The molecule has 10 heteroatoms. The number of aryl methyl sites for hydroxylation is 1. The first-order valence-corrected chi connectivity index (χ1v) is 10.5. The summed E-state index contributed by atoms with van der Waals surface area (Å²) in [6.45, 7) is 12.7. The summed E-state index contributed by atoms with van der Waals surface area (Å²) in [5.41, 5.74) is 0. The minimum Gasteiger partial charge on any atom is -0.379 e. The Labute approximate surface area is 172 Å². The highest BCUT2D eigenvalue weighted by molar-refractivity contribution is 5.80. The van der Waals surface area contributed by atoms with Crippen LogP contribution in [-0.2, 0) is 23.1 Å². The first-order chi connectivity index (χ1) is 14.0. The van der Waals surface area contributed by atoms with Gasteiger partial charge < -0.3 is 24.4 Å². The van der Waals surface area contributed by atoms with E-state index in [0.717, 1.165) is 89.6 Å². The van der Waals surface area contributed by atoms with Gasteiger partial charge in [0.1, 0.15) is 12.4 Å². The summed E-state index contributed by atoms with van der Waals surface area (Å²) in [5, 5.41) is 11.9. The zero-order chi connectivity index (χ0) is 20.6. The van der Waals surface area contributed by atoms with Crippen molar-refractivity contribution in [2.24, 2.45) is 12.0 Å². The number of carbonyl (C=O) groups is 1. The van der Waals surface area contributed by atoms with E-state index in [1.807, 2.05) is 23.4 Å². The molecular formula is C19H34N8O2. The molecule has 2 aliphatic heterocycles. The van der Waals surface area contributed by atoms with Crippen molar-refractivity contribution in [1.29, 1.82) is 0 Å². The van der Waals surface area contributed by atoms with Gasteiger partial charge in [-0.25, -0.2) is 4.99 Å². The molecule has 162 valence electrons. The Balaban J connectivity index is 1.56. The zero-order valence-electron chi connectivity index (χ0n) is 17.9. The molecule has 3 heterocycles. The van der Waals surface area contributed by atoms with Crippen LogP contribution in [0.3, 0.4) is 0 Å². The number of nitrogens with one attached hydrogen (secondary N) is 1. The van der Waals surface area contributed by atoms with Gasteiger partial charge in [0.25, 0.3) is 0 Å². The highest BCUT2D eigenvalue weighted by Crippen LogP contribution is 2.05. The normalized spacial score (nSPS) is 18.9. The first-order valence-electron chi connectivity index (χ1n) is 10.5. The number of carbonyl (C=O) groups excluding carboxylic acids is 1. The topological polar surface area (TPSA) is 91.1 Å². The highest BCUT2D eigenvalue weighted by atomic mass is 16.5. The zero-order valence-corrected chi connectivity index (χ0v) is 17.9. The summed E-state index contributed by atoms with van der Waals surface area (Å²) in [5.74, 6) is 2.75. The summed E-state index contributed by atoms with van der Waals surface area (Å²) in [6.07, 6.45) is 1.05. The van der Waals surface area contributed by atoms with E-state index in [9.17, 15) is 4.79 Å². The number of aromatic nitrogens is 3. The smallest absolute Gasteiger partial charge is 0.219 e. The number of morpholine rings is 1. The Morgan fingerprint density at radius 2 is 1.79 bits per heavy atom. The molecule has 0 bridgehead atoms. The summed E-state index contributed by atoms with van der Waals surface area (Å²) in [6, 6.07) is 0. The summed E-state index contributed by atoms with van der Waals surface area (Å²) in [4.78, 5) is 23.0. The van der Waals surface area contributed by atoms with E-state index in [1.165, 1.54) is 0 Å². The summed E-state index contributed by atoms with van der Waals surface area (Å²) < 4.78 is 7.38. The highest BCUT2D eigenvalue weighted by Gasteiger charge is 2.21. The minimum atomic E-state index is 0.135. The monoisotopic (exact) mass is 406 g/mol. The van der Waals surface area contributed by atoms with Crippen LogP contribution in [0.2, 0.25) is 0 Å². The second-order valence-corrected chi connectivity index (χ2v) is 7.59. The molecule has 29 heavy (non-hydrogen) atoms. The minimum absolute atomic E-state index is 0.135. The third-order valence-electron chi connectivity index (χ3n) is 5.62. The van der Waals surface area contributed by atoms with Crippen LogP contribution in [0, 0.1) is 6.92 Å².